The number of nitrogens with zero attached hydrogens (tertiary/aromatic N) is 5. The topological polar surface area (TPSA) is 113 Å². The van der Waals surface area contributed by atoms with Crippen LogP contribution in [0.1, 0.15) is 5.82 Å². The number of rotatable bonds is 8. The first-order valence-corrected chi connectivity index (χ1v) is 9.95. The Bertz CT molecular complexity index is 1300. The zero-order chi connectivity index (χ0) is 22.5. The summed E-state index contributed by atoms with van der Waals surface area (Å²) in [5.41, 5.74) is 1.50. The number of aromatic nitrogens is 5. The Balaban J connectivity index is 1.45. The van der Waals surface area contributed by atoms with Crippen LogP contribution in [0.5, 0.6) is 11.5 Å². The molecule has 0 aliphatic carbocycles. The molecule has 1 aromatic carbocycles. The number of fused-ring (bicyclic) bond motifs is 1. The molecule has 0 radical (unpaired) electrons. The van der Waals surface area contributed by atoms with Gasteiger partial charge in [-0.05, 0) is 36.4 Å². The van der Waals surface area contributed by atoms with Gasteiger partial charge in [-0.1, -0.05) is 6.07 Å². The highest BCUT2D eigenvalue weighted by molar-refractivity contribution is 5.75. The molecule has 3 aromatic heterocycles. The third-order valence-electron chi connectivity index (χ3n) is 4.89. The molecule has 0 saturated heterocycles. The summed E-state index contributed by atoms with van der Waals surface area (Å²) in [6.45, 7) is 0.136. The molecular weight excluding hydrogens is 412 g/mol. The second kappa shape index (κ2) is 9.29. The number of amides is 1. The number of pyridine rings is 1. The highest BCUT2D eigenvalue weighted by Gasteiger charge is 2.14. The van der Waals surface area contributed by atoms with Crippen molar-refractivity contribution in [3.63, 3.8) is 0 Å². The number of nitrogens with one attached hydrogen (secondary N) is 1. The van der Waals surface area contributed by atoms with Crippen molar-refractivity contribution in [3.05, 3.63) is 70.9 Å². The van der Waals surface area contributed by atoms with Crippen molar-refractivity contribution in [1.29, 1.82) is 0 Å². The SMILES string of the molecule is COc1ccc(-c2nn(CC(=O)NCCc3nnc4ccccn34)c(=O)cc2OC)cc1. The Labute approximate surface area is 183 Å². The molecule has 32 heavy (non-hydrogen) atoms. The molecule has 164 valence electrons. The average molecular weight is 434 g/mol. The molecule has 0 aliphatic rings. The maximum Gasteiger partial charge on any atom is 0.270 e. The average Bonchev–Trinajstić information content (AvgIpc) is 3.23. The van der Waals surface area contributed by atoms with Crippen LogP contribution in [-0.2, 0) is 17.8 Å². The molecule has 0 fully saturated rings. The highest BCUT2D eigenvalue weighted by Crippen LogP contribution is 2.27. The molecule has 0 aliphatic heterocycles. The van der Waals surface area contributed by atoms with E-state index in [9.17, 15) is 9.59 Å². The molecule has 0 spiro atoms. The Morgan fingerprint density at radius 3 is 2.62 bits per heavy atom. The predicted molar refractivity (Wildman–Crippen MR) is 117 cm³/mol. The zero-order valence-corrected chi connectivity index (χ0v) is 17.7. The van der Waals surface area contributed by atoms with E-state index in [0.717, 1.165) is 21.7 Å². The molecule has 1 amide bonds. The summed E-state index contributed by atoms with van der Waals surface area (Å²) >= 11 is 0. The van der Waals surface area contributed by atoms with Crippen molar-refractivity contribution in [2.45, 2.75) is 13.0 Å². The molecule has 10 heteroatoms. The molecule has 0 bridgehead atoms. The van der Waals surface area contributed by atoms with Crippen molar-refractivity contribution < 1.29 is 14.3 Å². The number of methoxy groups -OCH3 is 2. The van der Waals surface area contributed by atoms with Crippen LogP contribution in [0.3, 0.4) is 0 Å². The molecule has 4 rings (SSSR count). The maximum atomic E-state index is 12.4. The number of carbonyl (C=O) groups is 1. The first-order valence-electron chi connectivity index (χ1n) is 9.95. The van der Waals surface area contributed by atoms with Crippen LogP contribution in [0, 0.1) is 0 Å². The summed E-state index contributed by atoms with van der Waals surface area (Å²) in [7, 11) is 3.05. The summed E-state index contributed by atoms with van der Waals surface area (Å²) in [6.07, 6.45) is 2.37. The van der Waals surface area contributed by atoms with Gasteiger partial charge in [0.2, 0.25) is 5.91 Å². The van der Waals surface area contributed by atoms with Gasteiger partial charge in [0.25, 0.3) is 5.56 Å². The molecular formula is C22H22N6O4. The molecule has 1 N–H and O–H groups in total. The lowest BCUT2D eigenvalue weighted by atomic mass is 10.1. The van der Waals surface area contributed by atoms with Gasteiger partial charge in [-0.2, -0.15) is 5.10 Å². The summed E-state index contributed by atoms with van der Waals surface area (Å²) in [5, 5.41) is 15.4. The van der Waals surface area contributed by atoms with Gasteiger partial charge < -0.3 is 14.8 Å². The van der Waals surface area contributed by atoms with Crippen LogP contribution in [0.4, 0.5) is 0 Å². The number of hydrogen-bond acceptors (Lipinski definition) is 7. The lowest BCUT2D eigenvalue weighted by molar-refractivity contribution is -0.121. The van der Waals surface area contributed by atoms with E-state index in [0.29, 0.717) is 30.2 Å². The van der Waals surface area contributed by atoms with Gasteiger partial charge in [0.1, 0.15) is 23.8 Å². The van der Waals surface area contributed by atoms with Crippen LogP contribution >= 0.6 is 0 Å². The van der Waals surface area contributed by atoms with E-state index < -0.39 is 5.56 Å². The molecule has 0 unspecified atom stereocenters. The Morgan fingerprint density at radius 2 is 1.88 bits per heavy atom. The standard InChI is InChI=1S/C22H22N6O4/c1-31-16-8-6-15(7-9-16)22-17(32-2)13-21(30)28(26-22)14-20(29)23-11-10-19-25-24-18-5-3-4-12-27(18)19/h3-9,12-13H,10-11,14H2,1-2H3,(H,23,29). The quantitative estimate of drug-likeness (QED) is 0.445. The highest BCUT2D eigenvalue weighted by atomic mass is 16.5. The van der Waals surface area contributed by atoms with Crippen LogP contribution in [0.25, 0.3) is 16.9 Å². The Hall–Kier alpha value is -4.21. The minimum absolute atomic E-state index is 0.216. The van der Waals surface area contributed by atoms with Crippen LogP contribution < -0.4 is 20.3 Å². The van der Waals surface area contributed by atoms with Crippen molar-refractivity contribution in [3.8, 4) is 22.8 Å². The van der Waals surface area contributed by atoms with E-state index in [1.54, 1.807) is 19.2 Å². The number of ether oxygens (including phenoxy) is 2. The summed E-state index contributed by atoms with van der Waals surface area (Å²) in [5.74, 6) is 1.43. The van der Waals surface area contributed by atoms with Crippen molar-refractivity contribution in [2.75, 3.05) is 20.8 Å². The lowest BCUT2D eigenvalue weighted by Gasteiger charge is -2.12. The minimum Gasteiger partial charge on any atom is -0.497 e. The van der Waals surface area contributed by atoms with E-state index in [4.69, 9.17) is 9.47 Å². The Morgan fingerprint density at radius 1 is 1.06 bits per heavy atom. The smallest absolute Gasteiger partial charge is 0.270 e. The molecule has 10 nitrogen and oxygen atoms in total. The fraction of sp³-hybridized carbons (Fsp3) is 0.227. The monoisotopic (exact) mass is 434 g/mol. The van der Waals surface area contributed by atoms with E-state index in [-0.39, 0.29) is 12.5 Å². The second-order valence-electron chi connectivity index (χ2n) is 6.93. The number of carbonyl (C=O) groups excluding carboxylic acids is 1. The molecule has 0 saturated carbocycles. The molecule has 0 atom stereocenters. The van der Waals surface area contributed by atoms with E-state index in [1.165, 1.54) is 13.2 Å². The van der Waals surface area contributed by atoms with Gasteiger partial charge in [-0.25, -0.2) is 4.68 Å². The molecule has 3 heterocycles. The van der Waals surface area contributed by atoms with Crippen molar-refractivity contribution >= 4 is 11.6 Å². The van der Waals surface area contributed by atoms with Crippen molar-refractivity contribution in [1.82, 2.24) is 29.7 Å². The van der Waals surface area contributed by atoms with Gasteiger partial charge in [0, 0.05) is 30.8 Å². The van der Waals surface area contributed by atoms with E-state index >= 15 is 0 Å². The fourth-order valence-corrected chi connectivity index (χ4v) is 3.26. The third-order valence-corrected chi connectivity index (χ3v) is 4.89. The van der Waals surface area contributed by atoms with E-state index in [2.05, 4.69) is 20.6 Å². The predicted octanol–water partition coefficient (Wildman–Crippen LogP) is 1.33. The lowest BCUT2D eigenvalue weighted by Crippen LogP contribution is -2.34. The molecule has 4 aromatic rings. The van der Waals surface area contributed by atoms with Crippen LogP contribution in [-0.4, -0.2) is 51.1 Å². The van der Waals surface area contributed by atoms with Gasteiger partial charge in [0.05, 0.1) is 14.2 Å². The van der Waals surface area contributed by atoms with Crippen LogP contribution in [0.15, 0.2) is 59.5 Å². The Kier molecular flexibility index (Phi) is 6.11. The largest absolute Gasteiger partial charge is 0.497 e. The third kappa shape index (κ3) is 4.43. The number of hydrogen-bond donors (Lipinski definition) is 1. The normalized spacial score (nSPS) is 10.8. The second-order valence-corrected chi connectivity index (χ2v) is 6.93. The van der Waals surface area contributed by atoms with Gasteiger partial charge >= 0.3 is 0 Å². The zero-order valence-electron chi connectivity index (χ0n) is 17.7. The fourth-order valence-electron chi connectivity index (χ4n) is 3.26. The summed E-state index contributed by atoms with van der Waals surface area (Å²) in [6, 6.07) is 14.1. The first-order chi connectivity index (χ1) is 15.6. The van der Waals surface area contributed by atoms with Crippen LogP contribution in [0.2, 0.25) is 0 Å². The van der Waals surface area contributed by atoms with Crippen molar-refractivity contribution in [2.24, 2.45) is 0 Å². The van der Waals surface area contributed by atoms with Gasteiger partial charge in [-0.3, -0.25) is 14.0 Å². The maximum absolute atomic E-state index is 12.4. The minimum atomic E-state index is -0.433. The first kappa shape index (κ1) is 21.0. The number of benzene rings is 1. The van der Waals surface area contributed by atoms with E-state index in [1.807, 2.05) is 40.9 Å². The van der Waals surface area contributed by atoms with Gasteiger partial charge in [-0.15, -0.1) is 10.2 Å². The van der Waals surface area contributed by atoms with Gasteiger partial charge in [0.15, 0.2) is 11.4 Å². The summed E-state index contributed by atoms with van der Waals surface area (Å²) in [4.78, 5) is 24.9. The summed E-state index contributed by atoms with van der Waals surface area (Å²) < 4.78 is 13.5.